The quantitative estimate of drug-likeness (QED) is 0.733. The van der Waals surface area contributed by atoms with Crippen molar-refractivity contribution in [2.24, 2.45) is 0 Å². The monoisotopic (exact) mass is 167 g/mol. The zero-order valence-corrected chi connectivity index (χ0v) is 7.32. The highest BCUT2D eigenvalue weighted by Crippen LogP contribution is 2.15. The molecule has 0 aliphatic carbocycles. The molecule has 0 spiro atoms. The van der Waals surface area contributed by atoms with Crippen LogP contribution < -0.4 is 5.73 Å². The molecule has 1 aromatic rings. The number of hydrogen-bond donors (Lipinski definition) is 1. The van der Waals surface area contributed by atoms with Gasteiger partial charge in [0.2, 0.25) is 0 Å². The first-order chi connectivity index (χ1) is 5.77. The maximum Gasteiger partial charge on any atom is 0.159 e. The van der Waals surface area contributed by atoms with Gasteiger partial charge in [-0.05, 0) is 12.5 Å². The summed E-state index contributed by atoms with van der Waals surface area (Å²) >= 11 is 0. The Morgan fingerprint density at radius 1 is 1.67 bits per heavy atom. The molecular formula is C8H13N3O. The van der Waals surface area contributed by atoms with Gasteiger partial charge in [0.1, 0.15) is 11.9 Å². The molecule has 1 atom stereocenters. The van der Waals surface area contributed by atoms with Gasteiger partial charge in [-0.25, -0.2) is 9.97 Å². The average molecular weight is 167 g/mol. The fraction of sp³-hybridized carbons (Fsp3) is 0.500. The van der Waals surface area contributed by atoms with Gasteiger partial charge in [-0.15, -0.1) is 0 Å². The van der Waals surface area contributed by atoms with Crippen molar-refractivity contribution in [3.05, 3.63) is 18.1 Å². The lowest BCUT2D eigenvalue weighted by atomic mass is 10.2. The molecule has 0 aliphatic heterocycles. The molecule has 4 nitrogen and oxygen atoms in total. The molecule has 2 N–H and O–H groups in total. The summed E-state index contributed by atoms with van der Waals surface area (Å²) in [5.74, 6) is 1.13. The molecule has 0 saturated heterocycles. The predicted molar refractivity (Wildman–Crippen MR) is 46.5 cm³/mol. The molecule has 1 heterocycles. The first kappa shape index (κ1) is 8.93. The van der Waals surface area contributed by atoms with E-state index in [1.165, 1.54) is 0 Å². The summed E-state index contributed by atoms with van der Waals surface area (Å²) in [6.45, 7) is 2.01. The van der Waals surface area contributed by atoms with Crippen LogP contribution in [-0.2, 0) is 4.74 Å². The van der Waals surface area contributed by atoms with Crippen molar-refractivity contribution in [1.82, 2.24) is 9.97 Å². The van der Waals surface area contributed by atoms with Gasteiger partial charge in [0, 0.05) is 13.3 Å². The number of ether oxygens (including phenoxy) is 1. The second kappa shape index (κ2) is 4.01. The first-order valence-corrected chi connectivity index (χ1v) is 3.89. The zero-order chi connectivity index (χ0) is 8.97. The van der Waals surface area contributed by atoms with Crippen LogP contribution in [0.4, 0.5) is 5.82 Å². The molecule has 0 radical (unpaired) electrons. The molecule has 0 saturated carbocycles. The lowest BCUT2D eigenvalue weighted by molar-refractivity contribution is 0.0927. The average Bonchev–Trinajstić information content (AvgIpc) is 2.07. The molecule has 66 valence electrons. The Labute approximate surface area is 71.8 Å². The van der Waals surface area contributed by atoms with E-state index in [2.05, 4.69) is 9.97 Å². The Morgan fingerprint density at radius 2 is 2.42 bits per heavy atom. The molecule has 12 heavy (non-hydrogen) atoms. The Bertz CT molecular complexity index is 248. The zero-order valence-electron chi connectivity index (χ0n) is 7.32. The Balaban J connectivity index is 2.85. The minimum Gasteiger partial charge on any atom is -0.384 e. The van der Waals surface area contributed by atoms with E-state index < -0.39 is 0 Å². The number of nitrogens with zero attached hydrogens (tertiary/aromatic N) is 2. The van der Waals surface area contributed by atoms with Crippen LogP contribution in [0.5, 0.6) is 0 Å². The highest BCUT2D eigenvalue weighted by atomic mass is 16.5. The summed E-state index contributed by atoms with van der Waals surface area (Å²) in [7, 11) is 1.64. The second-order valence-corrected chi connectivity index (χ2v) is 2.47. The van der Waals surface area contributed by atoms with Crippen LogP contribution in [0.25, 0.3) is 0 Å². The van der Waals surface area contributed by atoms with E-state index >= 15 is 0 Å². The van der Waals surface area contributed by atoms with E-state index in [1.807, 2.05) is 6.92 Å². The van der Waals surface area contributed by atoms with Crippen LogP contribution in [0.1, 0.15) is 25.3 Å². The third-order valence-electron chi connectivity index (χ3n) is 1.64. The predicted octanol–water partition coefficient (Wildman–Crippen LogP) is 1.16. The molecular weight excluding hydrogens is 154 g/mol. The molecule has 0 aromatic carbocycles. The van der Waals surface area contributed by atoms with E-state index in [-0.39, 0.29) is 6.10 Å². The maximum atomic E-state index is 5.50. The number of hydrogen-bond acceptors (Lipinski definition) is 4. The van der Waals surface area contributed by atoms with Gasteiger partial charge in [0.05, 0.1) is 0 Å². The van der Waals surface area contributed by atoms with Gasteiger partial charge in [-0.3, -0.25) is 0 Å². The molecule has 0 unspecified atom stereocenters. The minimum absolute atomic E-state index is 0.0477. The highest BCUT2D eigenvalue weighted by molar-refractivity contribution is 5.25. The summed E-state index contributed by atoms with van der Waals surface area (Å²) in [5.41, 5.74) is 5.50. The topological polar surface area (TPSA) is 61.0 Å². The summed E-state index contributed by atoms with van der Waals surface area (Å²) < 4.78 is 5.16. The van der Waals surface area contributed by atoms with Crippen molar-refractivity contribution < 1.29 is 4.74 Å². The largest absolute Gasteiger partial charge is 0.384 e. The van der Waals surface area contributed by atoms with Crippen molar-refractivity contribution in [3.8, 4) is 0 Å². The minimum atomic E-state index is -0.0477. The normalized spacial score (nSPS) is 12.8. The van der Waals surface area contributed by atoms with Crippen LogP contribution in [0.15, 0.2) is 12.3 Å². The molecule has 4 heteroatoms. The number of rotatable bonds is 3. The SMILES string of the molecule is CC[C@@H](OC)c1nccc(N)n1. The van der Waals surface area contributed by atoms with Gasteiger partial charge in [0.25, 0.3) is 0 Å². The number of nitrogens with two attached hydrogens (primary N) is 1. The third kappa shape index (κ3) is 1.92. The summed E-state index contributed by atoms with van der Waals surface area (Å²) in [4.78, 5) is 8.12. The van der Waals surface area contributed by atoms with Gasteiger partial charge in [-0.2, -0.15) is 0 Å². The van der Waals surface area contributed by atoms with E-state index in [9.17, 15) is 0 Å². The molecule has 0 amide bonds. The maximum absolute atomic E-state index is 5.50. The van der Waals surface area contributed by atoms with Crippen LogP contribution >= 0.6 is 0 Å². The summed E-state index contributed by atoms with van der Waals surface area (Å²) in [5, 5.41) is 0. The third-order valence-corrected chi connectivity index (χ3v) is 1.64. The Hall–Kier alpha value is -1.16. The number of aromatic nitrogens is 2. The lowest BCUT2D eigenvalue weighted by Crippen LogP contribution is -2.06. The van der Waals surface area contributed by atoms with Crippen molar-refractivity contribution in [2.45, 2.75) is 19.4 Å². The van der Waals surface area contributed by atoms with Crippen LogP contribution in [-0.4, -0.2) is 17.1 Å². The fourth-order valence-corrected chi connectivity index (χ4v) is 0.998. The molecule has 1 rings (SSSR count). The fourth-order valence-electron chi connectivity index (χ4n) is 0.998. The Kier molecular flexibility index (Phi) is 2.99. The smallest absolute Gasteiger partial charge is 0.159 e. The second-order valence-electron chi connectivity index (χ2n) is 2.47. The molecule has 0 bridgehead atoms. The van der Waals surface area contributed by atoms with Crippen molar-refractivity contribution in [2.75, 3.05) is 12.8 Å². The van der Waals surface area contributed by atoms with Gasteiger partial charge < -0.3 is 10.5 Å². The highest BCUT2D eigenvalue weighted by Gasteiger charge is 2.10. The summed E-state index contributed by atoms with van der Waals surface area (Å²) in [6, 6.07) is 1.66. The number of methoxy groups -OCH3 is 1. The lowest BCUT2D eigenvalue weighted by Gasteiger charge is -2.10. The van der Waals surface area contributed by atoms with E-state index in [1.54, 1.807) is 19.4 Å². The van der Waals surface area contributed by atoms with Crippen LogP contribution in [0, 0.1) is 0 Å². The van der Waals surface area contributed by atoms with E-state index in [4.69, 9.17) is 10.5 Å². The Morgan fingerprint density at radius 3 is 2.92 bits per heavy atom. The van der Waals surface area contributed by atoms with Crippen molar-refractivity contribution >= 4 is 5.82 Å². The van der Waals surface area contributed by atoms with Gasteiger partial charge in [-0.1, -0.05) is 6.92 Å². The van der Waals surface area contributed by atoms with Gasteiger partial charge in [0.15, 0.2) is 5.82 Å². The number of nitrogen functional groups attached to an aromatic ring is 1. The van der Waals surface area contributed by atoms with Crippen LogP contribution in [0.3, 0.4) is 0 Å². The van der Waals surface area contributed by atoms with Crippen molar-refractivity contribution in [3.63, 3.8) is 0 Å². The van der Waals surface area contributed by atoms with E-state index in [0.29, 0.717) is 11.6 Å². The van der Waals surface area contributed by atoms with Gasteiger partial charge >= 0.3 is 0 Å². The molecule has 0 aliphatic rings. The van der Waals surface area contributed by atoms with Crippen molar-refractivity contribution in [1.29, 1.82) is 0 Å². The standard InChI is InChI=1S/C8H13N3O/c1-3-6(12-2)8-10-5-4-7(9)11-8/h4-6H,3H2,1-2H3,(H2,9,10,11)/t6-/m1/s1. The molecule has 1 aromatic heterocycles. The summed E-state index contributed by atoms with van der Waals surface area (Å²) in [6.07, 6.45) is 2.44. The number of anilines is 1. The first-order valence-electron chi connectivity index (χ1n) is 3.89. The molecule has 0 fully saturated rings. The van der Waals surface area contributed by atoms with Crippen LogP contribution in [0.2, 0.25) is 0 Å². The van der Waals surface area contributed by atoms with E-state index in [0.717, 1.165) is 6.42 Å².